The minimum atomic E-state index is -3.99. The van der Waals surface area contributed by atoms with Gasteiger partial charge in [0.1, 0.15) is 11.5 Å². The van der Waals surface area contributed by atoms with Crippen molar-refractivity contribution in [3.05, 3.63) is 83.9 Å². The lowest BCUT2D eigenvalue weighted by atomic mass is 10.2. The third-order valence-electron chi connectivity index (χ3n) is 4.91. The van der Waals surface area contributed by atoms with Crippen molar-refractivity contribution >= 4 is 33.4 Å². The van der Waals surface area contributed by atoms with E-state index < -0.39 is 34.3 Å². The Balaban J connectivity index is 1.56. The molecule has 0 radical (unpaired) electrons. The summed E-state index contributed by atoms with van der Waals surface area (Å²) >= 11 is 0. The van der Waals surface area contributed by atoms with Gasteiger partial charge in [0, 0.05) is 11.3 Å². The van der Waals surface area contributed by atoms with Gasteiger partial charge in [0.05, 0.1) is 30.7 Å². The van der Waals surface area contributed by atoms with E-state index in [4.69, 9.17) is 9.47 Å². The van der Waals surface area contributed by atoms with E-state index in [9.17, 15) is 22.8 Å². The average Bonchev–Trinajstić information content (AvgIpc) is 2.91. The van der Waals surface area contributed by atoms with Crippen LogP contribution < -0.4 is 30.4 Å². The summed E-state index contributed by atoms with van der Waals surface area (Å²) in [5, 5.41) is 2.44. The van der Waals surface area contributed by atoms with Crippen LogP contribution in [0.3, 0.4) is 0 Å². The number of nitrogens with one attached hydrogen (secondary N) is 4. The highest BCUT2D eigenvalue weighted by atomic mass is 32.2. The van der Waals surface area contributed by atoms with Gasteiger partial charge in [-0.3, -0.25) is 30.0 Å². The van der Waals surface area contributed by atoms with Crippen molar-refractivity contribution in [2.45, 2.75) is 11.8 Å². The number of ether oxygens (including phenoxy) is 2. The van der Waals surface area contributed by atoms with Gasteiger partial charge in [-0.25, -0.2) is 8.42 Å². The molecule has 0 saturated carbocycles. The predicted molar refractivity (Wildman–Crippen MR) is 136 cm³/mol. The van der Waals surface area contributed by atoms with Crippen molar-refractivity contribution in [1.29, 1.82) is 0 Å². The molecule has 4 N–H and O–H groups in total. The maximum Gasteiger partial charge on any atom is 0.269 e. The second-order valence-corrected chi connectivity index (χ2v) is 9.16. The van der Waals surface area contributed by atoms with Gasteiger partial charge < -0.3 is 14.8 Å². The normalized spacial score (nSPS) is 10.6. The van der Waals surface area contributed by atoms with E-state index in [0.717, 1.165) is 0 Å². The molecule has 0 aliphatic carbocycles. The molecule has 0 heterocycles. The summed E-state index contributed by atoms with van der Waals surface area (Å²) in [6.07, 6.45) is 0. The van der Waals surface area contributed by atoms with Gasteiger partial charge in [0.25, 0.3) is 27.7 Å². The molecule has 0 aliphatic rings. The first-order valence-corrected chi connectivity index (χ1v) is 12.6. The Morgan fingerprint density at radius 3 is 2.30 bits per heavy atom. The Bertz CT molecular complexity index is 1380. The zero-order valence-corrected chi connectivity index (χ0v) is 20.9. The van der Waals surface area contributed by atoms with E-state index in [-0.39, 0.29) is 16.0 Å². The number of carbonyl (C=O) groups excluding carboxylic acids is 3. The molecule has 0 atom stereocenters. The molecule has 194 valence electrons. The fourth-order valence-electron chi connectivity index (χ4n) is 3.11. The Labute approximate surface area is 214 Å². The van der Waals surface area contributed by atoms with Gasteiger partial charge in [-0.15, -0.1) is 0 Å². The Morgan fingerprint density at radius 2 is 1.59 bits per heavy atom. The molecule has 3 aromatic carbocycles. The van der Waals surface area contributed by atoms with Crippen molar-refractivity contribution in [2.24, 2.45) is 0 Å². The first-order valence-electron chi connectivity index (χ1n) is 11.1. The molecule has 11 nitrogen and oxygen atoms in total. The Hall–Kier alpha value is -4.58. The fourth-order valence-corrected chi connectivity index (χ4v) is 4.22. The second kappa shape index (κ2) is 12.4. The zero-order valence-electron chi connectivity index (χ0n) is 20.1. The molecule has 3 amide bonds. The van der Waals surface area contributed by atoms with E-state index >= 15 is 0 Å². The van der Waals surface area contributed by atoms with E-state index in [1.807, 2.05) is 0 Å². The van der Waals surface area contributed by atoms with Crippen LogP contribution in [0.15, 0.2) is 77.7 Å². The first-order chi connectivity index (χ1) is 17.7. The number of anilines is 1. The predicted octanol–water partition coefficient (Wildman–Crippen LogP) is 2.09. The minimum Gasteiger partial charge on any atom is -0.497 e. The highest BCUT2D eigenvalue weighted by Crippen LogP contribution is 2.20. The van der Waals surface area contributed by atoms with Crippen molar-refractivity contribution < 1.29 is 32.3 Å². The molecule has 37 heavy (non-hydrogen) atoms. The smallest absolute Gasteiger partial charge is 0.269 e. The molecule has 0 saturated heterocycles. The largest absolute Gasteiger partial charge is 0.497 e. The molecule has 0 bridgehead atoms. The third-order valence-corrected chi connectivity index (χ3v) is 6.28. The monoisotopic (exact) mass is 526 g/mol. The van der Waals surface area contributed by atoms with Gasteiger partial charge in [0.2, 0.25) is 0 Å². The maximum atomic E-state index is 12.7. The zero-order chi connectivity index (χ0) is 26.8. The van der Waals surface area contributed by atoms with E-state index in [1.54, 1.807) is 43.3 Å². The van der Waals surface area contributed by atoms with Crippen LogP contribution in [-0.2, 0) is 14.8 Å². The van der Waals surface area contributed by atoms with Crippen molar-refractivity contribution in [2.75, 3.05) is 25.0 Å². The van der Waals surface area contributed by atoms with Crippen molar-refractivity contribution in [3.8, 4) is 11.5 Å². The number of para-hydroxylation sites is 1. The topological polar surface area (TPSA) is 152 Å². The highest BCUT2D eigenvalue weighted by Gasteiger charge is 2.18. The van der Waals surface area contributed by atoms with Crippen LogP contribution in [0.25, 0.3) is 0 Å². The molecule has 12 heteroatoms. The summed E-state index contributed by atoms with van der Waals surface area (Å²) in [4.78, 5) is 36.8. The summed E-state index contributed by atoms with van der Waals surface area (Å²) < 4.78 is 38.3. The molecular formula is C25H26N4O7S. The molecule has 0 aliphatic heterocycles. The van der Waals surface area contributed by atoms with Crippen LogP contribution in [-0.4, -0.2) is 46.4 Å². The SMILES string of the molecule is CCOc1ccccc1C(=O)NCC(=O)NNC(=O)c1cccc(S(=O)(=O)Nc2ccc(OC)cc2)c1. The summed E-state index contributed by atoms with van der Waals surface area (Å²) in [5.41, 5.74) is 4.94. The molecule has 0 aromatic heterocycles. The van der Waals surface area contributed by atoms with Gasteiger partial charge in [0.15, 0.2) is 0 Å². The summed E-state index contributed by atoms with van der Waals surface area (Å²) in [6, 6.07) is 18.1. The lowest BCUT2D eigenvalue weighted by Gasteiger charge is -2.12. The number of carbonyl (C=O) groups is 3. The third kappa shape index (κ3) is 7.45. The van der Waals surface area contributed by atoms with E-state index in [0.29, 0.717) is 23.8 Å². The number of rotatable bonds is 10. The number of sulfonamides is 1. The van der Waals surface area contributed by atoms with Gasteiger partial charge in [-0.05, 0) is 61.5 Å². The molecular weight excluding hydrogens is 500 g/mol. The van der Waals surface area contributed by atoms with Gasteiger partial charge in [-0.1, -0.05) is 18.2 Å². The van der Waals surface area contributed by atoms with Crippen LogP contribution in [0.4, 0.5) is 5.69 Å². The first kappa shape index (κ1) is 27.0. The van der Waals surface area contributed by atoms with E-state index in [1.165, 1.54) is 43.5 Å². The number of hydrazine groups is 1. The maximum absolute atomic E-state index is 12.7. The average molecular weight is 527 g/mol. The Morgan fingerprint density at radius 1 is 0.865 bits per heavy atom. The number of hydrogen-bond donors (Lipinski definition) is 4. The van der Waals surface area contributed by atoms with Crippen LogP contribution >= 0.6 is 0 Å². The quantitative estimate of drug-likeness (QED) is 0.295. The molecule has 3 aromatic rings. The Kier molecular flexibility index (Phi) is 9.05. The van der Waals surface area contributed by atoms with E-state index in [2.05, 4.69) is 20.9 Å². The molecule has 3 rings (SSSR count). The number of hydrogen-bond acceptors (Lipinski definition) is 7. The number of amides is 3. The van der Waals surface area contributed by atoms with Crippen molar-refractivity contribution in [1.82, 2.24) is 16.2 Å². The van der Waals surface area contributed by atoms with Crippen LogP contribution in [0, 0.1) is 0 Å². The highest BCUT2D eigenvalue weighted by molar-refractivity contribution is 7.92. The standard InChI is InChI=1S/C25H26N4O7S/c1-3-36-22-10-5-4-9-21(22)25(32)26-16-23(30)27-28-24(31)17-7-6-8-20(15-17)37(33,34)29-18-11-13-19(35-2)14-12-18/h4-15,29H,3,16H2,1-2H3,(H,26,32)(H,27,30)(H,28,31). The minimum absolute atomic E-state index is 0.00687. The van der Waals surface area contributed by atoms with Crippen LogP contribution in [0.5, 0.6) is 11.5 Å². The number of methoxy groups -OCH3 is 1. The molecule has 0 spiro atoms. The molecule has 0 unspecified atom stereocenters. The summed E-state index contributed by atoms with van der Waals surface area (Å²) in [6.45, 7) is 1.74. The lowest BCUT2D eigenvalue weighted by Crippen LogP contribution is -2.46. The second-order valence-electron chi connectivity index (χ2n) is 7.48. The fraction of sp³-hybridized carbons (Fsp3) is 0.160. The lowest BCUT2D eigenvalue weighted by molar-refractivity contribution is -0.120. The van der Waals surface area contributed by atoms with Crippen LogP contribution in [0.1, 0.15) is 27.6 Å². The molecule has 0 fully saturated rings. The van der Waals surface area contributed by atoms with Gasteiger partial charge >= 0.3 is 0 Å². The van der Waals surface area contributed by atoms with Crippen molar-refractivity contribution in [3.63, 3.8) is 0 Å². The van der Waals surface area contributed by atoms with Gasteiger partial charge in [-0.2, -0.15) is 0 Å². The summed E-state index contributed by atoms with van der Waals surface area (Å²) in [7, 11) is -2.49. The summed E-state index contributed by atoms with van der Waals surface area (Å²) in [5.74, 6) is -1.01. The number of benzene rings is 3. The van der Waals surface area contributed by atoms with Crippen LogP contribution in [0.2, 0.25) is 0 Å².